The number of hydrogen-bond donors (Lipinski definition) is 1. The Morgan fingerprint density at radius 3 is 2.11 bits per heavy atom. The molecule has 10 nitrogen and oxygen atoms in total. The Morgan fingerprint density at radius 2 is 1.43 bits per heavy atom. The highest BCUT2D eigenvalue weighted by atomic mass is 35.5. The summed E-state index contributed by atoms with van der Waals surface area (Å²) < 4.78 is 86.2. The molecule has 4 amide bonds. The van der Waals surface area contributed by atoms with Gasteiger partial charge >= 0.3 is 0 Å². The maximum Gasteiger partial charge on any atom is 0.258 e. The Labute approximate surface area is 363 Å². The fourth-order valence-corrected chi connectivity index (χ4v) is 10.4. The van der Waals surface area contributed by atoms with Gasteiger partial charge in [-0.2, -0.15) is 0 Å². The van der Waals surface area contributed by atoms with Crippen molar-refractivity contribution in [3.05, 3.63) is 149 Å². The Bertz CT molecular complexity index is 2940. The van der Waals surface area contributed by atoms with Gasteiger partial charge in [0.05, 0.1) is 17.5 Å². The van der Waals surface area contributed by atoms with Gasteiger partial charge in [-0.05, 0) is 66.8 Å². The Balaban J connectivity index is 1.06. The maximum absolute atomic E-state index is 15.5. The van der Waals surface area contributed by atoms with Crippen LogP contribution in [-0.4, -0.2) is 43.5 Å². The number of carbonyl (C=O) groups is 4. The van der Waals surface area contributed by atoms with Gasteiger partial charge in [-0.15, -0.1) is 23.2 Å². The first kappa shape index (κ1) is 40.5. The summed E-state index contributed by atoms with van der Waals surface area (Å²) in [7, 11) is 0. The number of phenolic OH excluding ortho intramolecular Hbond substituents is 1. The summed E-state index contributed by atoms with van der Waals surface area (Å²) in [6, 6.07) is 26.4. The van der Waals surface area contributed by atoms with Gasteiger partial charge in [0.2, 0.25) is 23.5 Å². The van der Waals surface area contributed by atoms with E-state index in [0.29, 0.717) is 22.6 Å². The first-order valence-electron chi connectivity index (χ1n) is 19.5. The SMILES string of the molecule is O=C1C2CC=C3C(CC4(Cl)C(=O)N(c5c(F)c(F)c(F)c(F)c5F)C(=O)C4(Cl)C3c3ccc(OCc4ccccc4)cc3O)C2C(=O)N1c1ccc(-c2nc3ccccc3o2)cc1. The third-order valence-electron chi connectivity index (χ3n) is 12.4. The predicted molar refractivity (Wildman–Crippen MR) is 217 cm³/mol. The number of benzene rings is 5. The Kier molecular flexibility index (Phi) is 9.31. The van der Waals surface area contributed by atoms with E-state index in [1.165, 1.54) is 30.3 Å². The van der Waals surface area contributed by atoms with Crippen LogP contribution in [0.15, 0.2) is 113 Å². The highest BCUT2D eigenvalue weighted by Gasteiger charge is 2.77. The van der Waals surface area contributed by atoms with Crippen molar-refractivity contribution in [3.8, 4) is 23.0 Å². The standard InChI is InChI=1S/C46H28Cl2F5N3O7/c47-45-19-28-25(16-17-27-32(28)42(59)55(41(27)58)23-12-10-22(11-13-23)40-54-29-8-4-5-9-31(29)63-40)33(26-15-14-24(18-30(26)57)62-20-21-6-2-1-3-7-21)46(45,48)44(61)56(43(45)60)39-37(52)35(50)34(49)36(51)38(39)53/h1-16,18,27-28,32-33,57H,17,19-20H2. The van der Waals surface area contributed by atoms with Gasteiger partial charge in [0.25, 0.3) is 11.8 Å². The molecule has 2 aliphatic heterocycles. The number of amides is 4. The van der Waals surface area contributed by atoms with Crippen molar-refractivity contribution < 1.29 is 55.4 Å². The van der Waals surface area contributed by atoms with Gasteiger partial charge in [-0.3, -0.25) is 24.1 Å². The molecule has 17 heteroatoms. The largest absolute Gasteiger partial charge is 0.508 e. The van der Waals surface area contributed by atoms with Crippen molar-refractivity contribution in [2.24, 2.45) is 17.8 Å². The second kappa shape index (κ2) is 14.5. The van der Waals surface area contributed by atoms with E-state index < -0.39 is 104 Å². The van der Waals surface area contributed by atoms with Crippen LogP contribution in [0.2, 0.25) is 0 Å². The number of aromatic nitrogens is 1. The van der Waals surface area contributed by atoms with Crippen LogP contribution in [0.3, 0.4) is 0 Å². The number of anilines is 2. The summed E-state index contributed by atoms with van der Waals surface area (Å²) in [5, 5.41) is 11.7. The summed E-state index contributed by atoms with van der Waals surface area (Å²) in [4.78, 5) is 57.7. The van der Waals surface area contributed by atoms with E-state index in [2.05, 4.69) is 4.98 Å². The molecule has 5 aromatic carbocycles. The molecule has 1 aromatic heterocycles. The highest BCUT2D eigenvalue weighted by molar-refractivity contribution is 6.58. The van der Waals surface area contributed by atoms with E-state index in [1.54, 1.807) is 66.7 Å². The molecular formula is C46H28Cl2F5N3O7. The quantitative estimate of drug-likeness (QED) is 0.0420. The van der Waals surface area contributed by atoms with Crippen LogP contribution in [0.5, 0.6) is 11.5 Å². The normalized spacial score (nSPS) is 25.3. The van der Waals surface area contributed by atoms with Crippen molar-refractivity contribution in [1.29, 1.82) is 0 Å². The fourth-order valence-electron chi connectivity index (χ4n) is 9.51. The first-order chi connectivity index (χ1) is 30.1. The highest BCUT2D eigenvalue weighted by Crippen LogP contribution is 2.67. The van der Waals surface area contributed by atoms with Crippen molar-refractivity contribution >= 4 is 69.3 Å². The minimum absolute atomic E-state index is 0.0829. The monoisotopic (exact) mass is 899 g/mol. The third-order valence-corrected chi connectivity index (χ3v) is 13.9. The summed E-state index contributed by atoms with van der Waals surface area (Å²) in [5.41, 5.74) is 0.814. The molecule has 3 fully saturated rings. The predicted octanol–water partition coefficient (Wildman–Crippen LogP) is 9.24. The molecule has 6 unspecified atom stereocenters. The van der Waals surface area contributed by atoms with Crippen LogP contribution in [0, 0.1) is 46.8 Å². The van der Waals surface area contributed by atoms with Gasteiger partial charge in [0, 0.05) is 23.1 Å². The number of alkyl halides is 2. The lowest BCUT2D eigenvalue weighted by atomic mass is 9.56. The molecule has 2 aliphatic carbocycles. The van der Waals surface area contributed by atoms with E-state index in [-0.39, 0.29) is 40.5 Å². The average Bonchev–Trinajstić information content (AvgIpc) is 3.88. The van der Waals surface area contributed by atoms with E-state index in [0.717, 1.165) is 10.5 Å². The number of hydrogen-bond acceptors (Lipinski definition) is 8. The molecule has 63 heavy (non-hydrogen) atoms. The summed E-state index contributed by atoms with van der Waals surface area (Å²) in [6.45, 7) is 0.0829. The van der Waals surface area contributed by atoms with Gasteiger partial charge < -0.3 is 14.3 Å². The minimum atomic E-state index is -2.82. The molecule has 0 bridgehead atoms. The smallest absolute Gasteiger partial charge is 0.258 e. The number of oxazole rings is 1. The number of para-hydroxylation sites is 2. The Morgan fingerprint density at radius 1 is 0.762 bits per heavy atom. The van der Waals surface area contributed by atoms with Crippen LogP contribution < -0.4 is 14.5 Å². The van der Waals surface area contributed by atoms with Crippen molar-refractivity contribution in [2.45, 2.75) is 35.1 Å². The van der Waals surface area contributed by atoms with Gasteiger partial charge in [0.15, 0.2) is 38.6 Å². The number of carbonyl (C=O) groups excluding carboxylic acids is 4. The lowest BCUT2D eigenvalue weighted by molar-refractivity contribution is -0.125. The number of imide groups is 2. The number of ether oxygens (including phenoxy) is 1. The zero-order valence-corrected chi connectivity index (χ0v) is 33.6. The van der Waals surface area contributed by atoms with Crippen LogP contribution in [0.1, 0.15) is 29.9 Å². The second-order valence-electron chi connectivity index (χ2n) is 15.7. The molecule has 3 heterocycles. The molecular weight excluding hydrogens is 872 g/mol. The molecule has 6 aromatic rings. The van der Waals surface area contributed by atoms with Gasteiger partial charge in [0.1, 0.15) is 29.3 Å². The fraction of sp³-hybridized carbons (Fsp3) is 0.196. The van der Waals surface area contributed by atoms with Crippen molar-refractivity contribution in [3.63, 3.8) is 0 Å². The number of nitrogens with zero attached hydrogens (tertiary/aromatic N) is 3. The Hall–Kier alpha value is -6.58. The summed E-state index contributed by atoms with van der Waals surface area (Å²) >= 11 is 14.5. The summed E-state index contributed by atoms with van der Waals surface area (Å²) in [5.74, 6) is -22.3. The lowest BCUT2D eigenvalue weighted by Crippen LogP contribution is -2.60. The number of halogens is 7. The van der Waals surface area contributed by atoms with Crippen molar-refractivity contribution in [2.75, 3.05) is 9.80 Å². The van der Waals surface area contributed by atoms with Crippen LogP contribution in [0.25, 0.3) is 22.6 Å². The van der Waals surface area contributed by atoms with Crippen molar-refractivity contribution in [1.82, 2.24) is 4.98 Å². The van der Waals surface area contributed by atoms with E-state index in [9.17, 15) is 37.5 Å². The molecule has 0 spiro atoms. The molecule has 1 N–H and O–H groups in total. The van der Waals surface area contributed by atoms with Crippen LogP contribution in [-0.2, 0) is 25.8 Å². The van der Waals surface area contributed by atoms with E-state index in [1.807, 2.05) is 6.07 Å². The van der Waals surface area contributed by atoms with Gasteiger partial charge in [-0.1, -0.05) is 60.2 Å². The van der Waals surface area contributed by atoms with Gasteiger partial charge in [-0.25, -0.2) is 31.8 Å². The third kappa shape index (κ3) is 5.78. The minimum Gasteiger partial charge on any atom is -0.508 e. The molecule has 318 valence electrons. The van der Waals surface area contributed by atoms with Crippen LogP contribution in [0.4, 0.5) is 33.3 Å². The lowest BCUT2D eigenvalue weighted by Gasteiger charge is -2.50. The van der Waals surface area contributed by atoms with E-state index >= 15 is 8.78 Å². The second-order valence-corrected chi connectivity index (χ2v) is 17.0. The molecule has 10 rings (SSSR count). The topological polar surface area (TPSA) is 130 Å². The average molecular weight is 901 g/mol. The first-order valence-corrected chi connectivity index (χ1v) is 20.2. The molecule has 2 saturated heterocycles. The zero-order valence-electron chi connectivity index (χ0n) is 32.1. The number of allylic oxidation sites excluding steroid dienone is 2. The van der Waals surface area contributed by atoms with Crippen LogP contribution >= 0.6 is 23.2 Å². The summed E-state index contributed by atoms with van der Waals surface area (Å²) in [6.07, 6.45) is 0.737. The number of aromatic hydroxyl groups is 1. The molecule has 1 saturated carbocycles. The molecule has 4 aliphatic rings. The van der Waals surface area contributed by atoms with E-state index in [4.69, 9.17) is 32.4 Å². The zero-order chi connectivity index (χ0) is 44.3. The number of rotatable bonds is 7. The number of phenols is 1. The molecule has 0 radical (unpaired) electrons. The number of fused-ring (bicyclic) bond motifs is 5. The maximum atomic E-state index is 15.5. The molecule has 6 atom stereocenters.